The lowest BCUT2D eigenvalue weighted by Gasteiger charge is -2.41. The lowest BCUT2D eigenvalue weighted by Crippen LogP contribution is -2.43. The van der Waals surface area contributed by atoms with E-state index in [1.807, 2.05) is 0 Å². The molecule has 1 unspecified atom stereocenters. The van der Waals surface area contributed by atoms with Gasteiger partial charge >= 0.3 is 0 Å². The molecule has 33 heavy (non-hydrogen) atoms. The maximum absolute atomic E-state index is 14.0. The fourth-order valence-corrected chi connectivity index (χ4v) is 6.34. The summed E-state index contributed by atoms with van der Waals surface area (Å²) in [5.41, 5.74) is 7.09. The van der Waals surface area contributed by atoms with Crippen LogP contribution in [0, 0.1) is 0 Å². The molecule has 0 fully saturated rings. The molecular weight excluding hydrogens is 503 g/mol. The molecule has 1 heterocycles. The van der Waals surface area contributed by atoms with Gasteiger partial charge < -0.3 is 5.73 Å². The van der Waals surface area contributed by atoms with Crippen LogP contribution in [0.1, 0.15) is 29.6 Å². The van der Waals surface area contributed by atoms with Gasteiger partial charge in [-0.25, -0.2) is 8.42 Å². The minimum atomic E-state index is -4.13. The van der Waals surface area contributed by atoms with E-state index in [4.69, 9.17) is 40.5 Å². The summed E-state index contributed by atoms with van der Waals surface area (Å²) in [6, 6.07) is 18.0. The predicted octanol–water partition coefficient (Wildman–Crippen LogP) is 5.94. The normalized spacial score (nSPS) is 19.2. The molecule has 1 aliphatic heterocycles. The Morgan fingerprint density at radius 3 is 2.00 bits per heavy atom. The van der Waals surface area contributed by atoms with Crippen LogP contribution in [0.3, 0.4) is 0 Å². The zero-order valence-electron chi connectivity index (χ0n) is 17.2. The Morgan fingerprint density at radius 1 is 0.848 bits per heavy atom. The fourth-order valence-electron chi connectivity index (χ4n) is 4.04. The summed E-state index contributed by atoms with van der Waals surface area (Å²) in [6.45, 7) is 0. The van der Waals surface area contributed by atoms with Gasteiger partial charge in [0.05, 0.1) is 17.0 Å². The molecule has 3 aromatic carbocycles. The van der Waals surface area contributed by atoms with Crippen molar-refractivity contribution >= 4 is 50.7 Å². The van der Waals surface area contributed by atoms with Crippen molar-refractivity contribution in [2.45, 2.75) is 23.4 Å². The van der Waals surface area contributed by atoms with E-state index in [1.54, 1.807) is 54.6 Å². The lowest BCUT2D eigenvalue weighted by atomic mass is 9.89. The molecule has 2 atom stereocenters. The lowest BCUT2D eigenvalue weighted by molar-refractivity contribution is -0.115. The molecule has 2 N–H and O–H groups in total. The van der Waals surface area contributed by atoms with Crippen LogP contribution >= 0.6 is 34.8 Å². The van der Waals surface area contributed by atoms with E-state index in [1.165, 1.54) is 28.6 Å². The molecule has 0 bridgehead atoms. The van der Waals surface area contributed by atoms with E-state index in [2.05, 4.69) is 0 Å². The third-order valence-electron chi connectivity index (χ3n) is 5.49. The summed E-state index contributed by atoms with van der Waals surface area (Å²) >= 11 is 18.4. The second kappa shape index (κ2) is 9.49. The number of halogens is 3. The van der Waals surface area contributed by atoms with E-state index in [0.29, 0.717) is 26.2 Å². The summed E-state index contributed by atoms with van der Waals surface area (Å²) in [7, 11) is -4.13. The van der Waals surface area contributed by atoms with Crippen molar-refractivity contribution in [3.63, 3.8) is 0 Å². The van der Waals surface area contributed by atoms with Gasteiger partial charge in [-0.3, -0.25) is 4.79 Å². The van der Waals surface area contributed by atoms with E-state index in [-0.39, 0.29) is 16.9 Å². The average Bonchev–Trinajstić information content (AvgIpc) is 2.78. The predicted molar refractivity (Wildman–Crippen MR) is 131 cm³/mol. The topological polar surface area (TPSA) is 80.5 Å². The Hall–Kier alpha value is -2.35. The largest absolute Gasteiger partial charge is 0.366 e. The van der Waals surface area contributed by atoms with Crippen LogP contribution in [0.5, 0.6) is 0 Å². The van der Waals surface area contributed by atoms with Gasteiger partial charge in [-0.1, -0.05) is 65.1 Å². The first kappa shape index (κ1) is 23.8. The van der Waals surface area contributed by atoms with Crippen LogP contribution in [0.15, 0.2) is 89.3 Å². The molecule has 5 nitrogen and oxygen atoms in total. The Bertz CT molecular complexity index is 1340. The molecule has 0 radical (unpaired) electrons. The Morgan fingerprint density at radius 2 is 1.42 bits per heavy atom. The third-order valence-corrected chi connectivity index (χ3v) is 8.10. The minimum absolute atomic E-state index is 0.0386. The zero-order chi connectivity index (χ0) is 23.8. The molecule has 9 heteroatoms. The van der Waals surface area contributed by atoms with Crippen LogP contribution < -0.4 is 5.73 Å². The number of primary amides is 1. The molecule has 0 saturated carbocycles. The van der Waals surface area contributed by atoms with Crippen molar-refractivity contribution in [2.24, 2.45) is 5.73 Å². The van der Waals surface area contributed by atoms with E-state index < -0.39 is 28.0 Å². The van der Waals surface area contributed by atoms with E-state index >= 15 is 0 Å². The number of benzene rings is 3. The second-order valence-electron chi connectivity index (χ2n) is 7.58. The molecular formula is C24H19Cl3N2O3S. The van der Waals surface area contributed by atoms with Crippen molar-refractivity contribution in [2.75, 3.05) is 0 Å². The number of carbonyl (C=O) groups is 1. The number of hydrogen-bond donors (Lipinski definition) is 1. The van der Waals surface area contributed by atoms with Crippen LogP contribution in [0.2, 0.25) is 15.1 Å². The fraction of sp³-hybridized carbons (Fsp3) is 0.125. The maximum atomic E-state index is 14.0. The van der Waals surface area contributed by atoms with Gasteiger partial charge in [0.2, 0.25) is 15.9 Å². The average molecular weight is 522 g/mol. The van der Waals surface area contributed by atoms with Crippen molar-refractivity contribution in [1.29, 1.82) is 0 Å². The first-order chi connectivity index (χ1) is 15.7. The number of rotatable bonds is 5. The van der Waals surface area contributed by atoms with Crippen LogP contribution in [-0.2, 0) is 14.8 Å². The smallest absolute Gasteiger partial charge is 0.246 e. The number of nitrogens with two attached hydrogens (primary N) is 1. The number of carbonyl (C=O) groups excluding carboxylic acids is 1. The summed E-state index contributed by atoms with van der Waals surface area (Å²) < 4.78 is 29.4. The minimum Gasteiger partial charge on any atom is -0.366 e. The number of sulfonamides is 1. The quantitative estimate of drug-likeness (QED) is 0.451. The highest BCUT2D eigenvalue weighted by Gasteiger charge is 2.44. The van der Waals surface area contributed by atoms with E-state index in [0.717, 1.165) is 0 Å². The molecule has 0 aromatic heterocycles. The highest BCUT2D eigenvalue weighted by molar-refractivity contribution is 7.89. The standard InChI is InChI=1S/C24H19Cl3N2O3S/c25-17-7-9-20(10-8-17)33(31,32)29-22(15-3-1-5-18(26)13-15)12-11-21(24(28)30)23(29)16-4-2-6-19(27)14-16/h1-11,13-14,22-23H,12H2,(H2,28,30)/t22?,23-/m0/s1. The Kier molecular flexibility index (Phi) is 6.84. The maximum Gasteiger partial charge on any atom is 0.246 e. The van der Waals surface area contributed by atoms with Gasteiger partial charge in [0.1, 0.15) is 0 Å². The van der Waals surface area contributed by atoms with Gasteiger partial charge in [0.25, 0.3) is 0 Å². The molecule has 1 amide bonds. The summed E-state index contributed by atoms with van der Waals surface area (Å²) in [6.07, 6.45) is 1.93. The SMILES string of the molecule is NC(=O)C1=CCC(c2cccc(Cl)c2)N(S(=O)(=O)c2ccc(Cl)cc2)[C@H]1c1cccc(Cl)c1. The van der Waals surface area contributed by atoms with E-state index in [9.17, 15) is 13.2 Å². The summed E-state index contributed by atoms with van der Waals surface area (Å²) in [5, 5.41) is 1.29. The molecule has 170 valence electrons. The Labute approximate surface area is 207 Å². The van der Waals surface area contributed by atoms with Crippen LogP contribution in [-0.4, -0.2) is 18.6 Å². The van der Waals surface area contributed by atoms with Crippen molar-refractivity contribution in [3.05, 3.63) is 111 Å². The molecule has 0 saturated heterocycles. The van der Waals surface area contributed by atoms with Gasteiger partial charge in [-0.15, -0.1) is 0 Å². The highest BCUT2D eigenvalue weighted by atomic mass is 35.5. The second-order valence-corrected chi connectivity index (χ2v) is 10.7. The third kappa shape index (κ3) is 4.81. The summed E-state index contributed by atoms with van der Waals surface area (Å²) in [4.78, 5) is 12.5. The summed E-state index contributed by atoms with van der Waals surface area (Å²) in [5.74, 6) is -0.708. The number of nitrogens with zero attached hydrogens (tertiary/aromatic N) is 1. The first-order valence-electron chi connectivity index (χ1n) is 9.98. The van der Waals surface area contributed by atoms with Crippen molar-refractivity contribution in [3.8, 4) is 0 Å². The van der Waals surface area contributed by atoms with Gasteiger partial charge in [0.15, 0.2) is 0 Å². The van der Waals surface area contributed by atoms with Crippen molar-refractivity contribution < 1.29 is 13.2 Å². The number of hydrogen-bond acceptors (Lipinski definition) is 3. The number of amides is 1. The molecule has 1 aliphatic rings. The molecule has 4 rings (SSSR count). The first-order valence-corrected chi connectivity index (χ1v) is 12.6. The Balaban J connectivity index is 1.98. The molecule has 0 spiro atoms. The van der Waals surface area contributed by atoms with Gasteiger partial charge in [0, 0.05) is 20.6 Å². The van der Waals surface area contributed by atoms with Crippen LogP contribution in [0.25, 0.3) is 0 Å². The zero-order valence-corrected chi connectivity index (χ0v) is 20.2. The van der Waals surface area contributed by atoms with Crippen LogP contribution in [0.4, 0.5) is 0 Å². The van der Waals surface area contributed by atoms with Gasteiger partial charge in [-0.2, -0.15) is 4.31 Å². The molecule has 0 aliphatic carbocycles. The monoisotopic (exact) mass is 520 g/mol. The van der Waals surface area contributed by atoms with Crippen molar-refractivity contribution in [1.82, 2.24) is 4.31 Å². The van der Waals surface area contributed by atoms with Gasteiger partial charge in [-0.05, 0) is 66.1 Å². The highest BCUT2D eigenvalue weighted by Crippen LogP contribution is 2.46. The molecule has 3 aromatic rings.